The molecule has 1 amide bonds. The topological polar surface area (TPSA) is 82.4 Å². The Morgan fingerprint density at radius 1 is 1.26 bits per heavy atom. The minimum absolute atomic E-state index is 0.282. The molecule has 3 rings (SSSR count). The number of esters is 1. The highest BCUT2D eigenvalue weighted by Crippen LogP contribution is 2.31. The van der Waals surface area contributed by atoms with Crippen molar-refractivity contribution >= 4 is 29.3 Å². The summed E-state index contributed by atoms with van der Waals surface area (Å²) in [5, 5.41) is 7.62. The number of anilines is 1. The van der Waals surface area contributed by atoms with Crippen LogP contribution in [0, 0.1) is 6.92 Å². The average Bonchev–Trinajstić information content (AvgIpc) is 3.30. The van der Waals surface area contributed by atoms with E-state index in [2.05, 4.69) is 10.4 Å². The highest BCUT2D eigenvalue weighted by atomic mass is 35.5. The lowest BCUT2D eigenvalue weighted by Gasteiger charge is -2.14. The molecule has 0 bridgehead atoms. The average molecular weight is 392 g/mol. The molecule has 0 saturated heterocycles. The number of hydrogen-bond donors (Lipinski definition) is 1. The van der Waals surface area contributed by atoms with Crippen LogP contribution in [0.15, 0.2) is 30.5 Å². The quantitative estimate of drug-likeness (QED) is 0.730. The lowest BCUT2D eigenvalue weighted by Crippen LogP contribution is -2.25. The molecule has 0 aliphatic heterocycles. The van der Waals surface area contributed by atoms with Gasteiger partial charge in [0, 0.05) is 11.1 Å². The minimum atomic E-state index is -0.621. The van der Waals surface area contributed by atoms with E-state index in [0.717, 1.165) is 18.4 Å². The molecular weight excluding hydrogens is 370 g/mol. The molecule has 1 aromatic heterocycles. The van der Waals surface area contributed by atoms with E-state index in [4.69, 9.17) is 21.1 Å². The van der Waals surface area contributed by atoms with E-state index in [1.807, 2.05) is 11.6 Å². The molecule has 27 heavy (non-hydrogen) atoms. The Bertz CT molecular complexity index is 815. The van der Waals surface area contributed by atoms with Gasteiger partial charge in [-0.2, -0.15) is 5.10 Å². The normalized spacial score (nSPS) is 14.1. The number of carbonyl (C=O) groups is 2. The largest absolute Gasteiger partial charge is 0.482 e. The van der Waals surface area contributed by atoms with Gasteiger partial charge in [-0.15, -0.1) is 0 Å². The zero-order valence-electron chi connectivity index (χ0n) is 15.1. The molecule has 1 N–H and O–H groups in total. The number of aromatic nitrogens is 2. The van der Waals surface area contributed by atoms with Gasteiger partial charge in [0.05, 0.1) is 12.2 Å². The predicted octanol–water partition coefficient (Wildman–Crippen LogP) is 3.52. The molecule has 7 nitrogen and oxygen atoms in total. The van der Waals surface area contributed by atoms with E-state index in [1.54, 1.807) is 30.5 Å². The van der Waals surface area contributed by atoms with E-state index in [0.29, 0.717) is 22.6 Å². The molecular formula is C19H22ClN3O4. The third-order valence-electron chi connectivity index (χ3n) is 4.46. The van der Waals surface area contributed by atoms with Gasteiger partial charge < -0.3 is 14.8 Å². The molecule has 0 atom stereocenters. The van der Waals surface area contributed by atoms with Crippen LogP contribution in [-0.4, -0.2) is 34.9 Å². The number of halogens is 1. The molecule has 144 valence electrons. The standard InChI is InChI=1S/C19H22ClN3O4/c1-13-10-14(20)6-7-16(13)26-12-19(25)27-11-18(24)22-17-8-9-21-23(17)15-4-2-3-5-15/h6-10,15H,2-5,11-12H2,1H3,(H,22,24). The van der Waals surface area contributed by atoms with Crippen LogP contribution in [0.2, 0.25) is 5.02 Å². The van der Waals surface area contributed by atoms with Gasteiger partial charge in [0.1, 0.15) is 11.6 Å². The maximum Gasteiger partial charge on any atom is 0.344 e. The molecule has 1 aliphatic rings. The first kappa shape index (κ1) is 19.2. The van der Waals surface area contributed by atoms with Crippen molar-refractivity contribution in [3.8, 4) is 5.75 Å². The highest BCUT2D eigenvalue weighted by molar-refractivity contribution is 6.30. The monoisotopic (exact) mass is 391 g/mol. The number of nitrogens with zero attached hydrogens (tertiary/aromatic N) is 2. The summed E-state index contributed by atoms with van der Waals surface area (Å²) in [5.41, 5.74) is 0.813. The number of rotatable bonds is 7. The van der Waals surface area contributed by atoms with Gasteiger partial charge in [0.2, 0.25) is 0 Å². The predicted molar refractivity (Wildman–Crippen MR) is 101 cm³/mol. The molecule has 1 fully saturated rings. The number of hydrogen-bond acceptors (Lipinski definition) is 5. The van der Waals surface area contributed by atoms with Crippen LogP contribution in [0.3, 0.4) is 0 Å². The molecule has 2 aromatic rings. The van der Waals surface area contributed by atoms with Crippen molar-refractivity contribution in [2.75, 3.05) is 18.5 Å². The number of amides is 1. The maximum absolute atomic E-state index is 12.1. The van der Waals surface area contributed by atoms with E-state index in [-0.39, 0.29) is 13.2 Å². The first-order valence-corrected chi connectivity index (χ1v) is 9.28. The SMILES string of the molecule is Cc1cc(Cl)ccc1OCC(=O)OCC(=O)Nc1ccnn1C1CCCC1. The molecule has 1 heterocycles. The molecule has 0 radical (unpaired) electrons. The number of ether oxygens (including phenoxy) is 2. The summed E-state index contributed by atoms with van der Waals surface area (Å²) in [6, 6.07) is 7.15. The first-order chi connectivity index (χ1) is 13.0. The molecule has 8 heteroatoms. The molecule has 1 aromatic carbocycles. The number of aryl methyl sites for hydroxylation is 1. The lowest BCUT2D eigenvalue weighted by atomic mass is 10.2. The van der Waals surface area contributed by atoms with Gasteiger partial charge in [-0.1, -0.05) is 24.4 Å². The number of carbonyl (C=O) groups excluding carboxylic acids is 2. The van der Waals surface area contributed by atoms with Gasteiger partial charge in [-0.05, 0) is 43.5 Å². The fourth-order valence-corrected chi connectivity index (χ4v) is 3.36. The van der Waals surface area contributed by atoms with Crippen molar-refractivity contribution in [3.05, 3.63) is 41.0 Å². The minimum Gasteiger partial charge on any atom is -0.482 e. The first-order valence-electron chi connectivity index (χ1n) is 8.91. The summed E-state index contributed by atoms with van der Waals surface area (Å²) >= 11 is 5.88. The summed E-state index contributed by atoms with van der Waals surface area (Å²) in [6.07, 6.45) is 6.11. The zero-order chi connectivity index (χ0) is 19.2. The number of benzene rings is 1. The van der Waals surface area contributed by atoms with Gasteiger partial charge in [0.25, 0.3) is 5.91 Å². The van der Waals surface area contributed by atoms with Crippen molar-refractivity contribution in [1.82, 2.24) is 9.78 Å². The summed E-state index contributed by atoms with van der Waals surface area (Å²) in [6.45, 7) is 1.17. The van der Waals surface area contributed by atoms with Crippen LogP contribution < -0.4 is 10.1 Å². The van der Waals surface area contributed by atoms with Crippen molar-refractivity contribution in [2.24, 2.45) is 0 Å². The molecule has 1 saturated carbocycles. The Labute approximate surface area is 162 Å². The van der Waals surface area contributed by atoms with Crippen LogP contribution in [0.25, 0.3) is 0 Å². The summed E-state index contributed by atoms with van der Waals surface area (Å²) in [5.74, 6) is 0.131. The Morgan fingerprint density at radius 2 is 2.04 bits per heavy atom. The third kappa shape index (κ3) is 5.23. The van der Waals surface area contributed by atoms with Crippen LogP contribution in [0.5, 0.6) is 5.75 Å². The highest BCUT2D eigenvalue weighted by Gasteiger charge is 2.20. The Hall–Kier alpha value is -2.54. The van der Waals surface area contributed by atoms with E-state index in [1.165, 1.54) is 12.8 Å². The van der Waals surface area contributed by atoms with Gasteiger partial charge >= 0.3 is 5.97 Å². The third-order valence-corrected chi connectivity index (χ3v) is 4.69. The zero-order valence-corrected chi connectivity index (χ0v) is 15.9. The van der Waals surface area contributed by atoms with Crippen molar-refractivity contribution in [1.29, 1.82) is 0 Å². The number of nitrogens with one attached hydrogen (secondary N) is 1. The summed E-state index contributed by atoms with van der Waals surface area (Å²) < 4.78 is 12.2. The second-order valence-electron chi connectivity index (χ2n) is 6.51. The lowest BCUT2D eigenvalue weighted by molar-refractivity contribution is -0.149. The smallest absolute Gasteiger partial charge is 0.344 e. The molecule has 0 unspecified atom stereocenters. The van der Waals surface area contributed by atoms with Crippen molar-refractivity contribution in [3.63, 3.8) is 0 Å². The van der Waals surface area contributed by atoms with E-state index >= 15 is 0 Å². The van der Waals surface area contributed by atoms with Gasteiger partial charge in [-0.3, -0.25) is 4.79 Å². The summed E-state index contributed by atoms with van der Waals surface area (Å²) in [4.78, 5) is 23.9. The van der Waals surface area contributed by atoms with Gasteiger partial charge in [-0.25, -0.2) is 9.48 Å². The van der Waals surface area contributed by atoms with Crippen molar-refractivity contribution in [2.45, 2.75) is 38.6 Å². The van der Waals surface area contributed by atoms with Crippen LogP contribution in [0.4, 0.5) is 5.82 Å². The van der Waals surface area contributed by atoms with Crippen LogP contribution >= 0.6 is 11.6 Å². The second-order valence-corrected chi connectivity index (χ2v) is 6.94. The van der Waals surface area contributed by atoms with Crippen LogP contribution in [0.1, 0.15) is 37.3 Å². The van der Waals surface area contributed by atoms with Crippen LogP contribution in [-0.2, 0) is 14.3 Å². The molecule has 1 aliphatic carbocycles. The maximum atomic E-state index is 12.1. The molecule has 0 spiro atoms. The fourth-order valence-electron chi connectivity index (χ4n) is 3.13. The summed E-state index contributed by atoms with van der Waals surface area (Å²) in [7, 11) is 0. The Kier molecular flexibility index (Phi) is 6.34. The van der Waals surface area contributed by atoms with Crippen molar-refractivity contribution < 1.29 is 19.1 Å². The van der Waals surface area contributed by atoms with E-state index in [9.17, 15) is 9.59 Å². The fraction of sp³-hybridized carbons (Fsp3) is 0.421. The van der Waals surface area contributed by atoms with E-state index < -0.39 is 11.9 Å². The Balaban J connectivity index is 1.44. The second kappa shape index (κ2) is 8.90. The Morgan fingerprint density at radius 3 is 2.78 bits per heavy atom. The van der Waals surface area contributed by atoms with Gasteiger partial charge in [0.15, 0.2) is 13.2 Å².